The second kappa shape index (κ2) is 6.33. The molecule has 6 heteroatoms. The lowest BCUT2D eigenvalue weighted by atomic mass is 10.1. The maximum Gasteiger partial charge on any atom is 0.341 e. The number of anilines is 1. The minimum Gasteiger partial charge on any atom is -0.457 e. The summed E-state index contributed by atoms with van der Waals surface area (Å²) < 4.78 is 18.9. The van der Waals surface area contributed by atoms with Gasteiger partial charge in [-0.1, -0.05) is 29.3 Å². The molecular weight excluding hydrogens is 316 g/mol. The lowest BCUT2D eigenvalue weighted by Gasteiger charge is -2.09. The number of hydrogen-bond donors (Lipinski definition) is 1. The van der Waals surface area contributed by atoms with E-state index in [0.29, 0.717) is 21.3 Å². The van der Waals surface area contributed by atoms with Gasteiger partial charge in [0, 0.05) is 5.69 Å². The third kappa shape index (κ3) is 3.65. The average molecular weight is 328 g/mol. The molecule has 2 N–H and O–H groups in total. The largest absolute Gasteiger partial charge is 0.457 e. The minimum absolute atomic E-state index is 0.0387. The van der Waals surface area contributed by atoms with Gasteiger partial charge >= 0.3 is 5.97 Å². The molecule has 2 aromatic rings. The van der Waals surface area contributed by atoms with Crippen LogP contribution in [0.25, 0.3) is 0 Å². The molecule has 0 radical (unpaired) electrons. The summed E-state index contributed by atoms with van der Waals surface area (Å²) in [5.41, 5.74) is 6.66. The first-order valence-electron chi connectivity index (χ1n) is 6.05. The van der Waals surface area contributed by atoms with E-state index in [9.17, 15) is 9.18 Å². The minimum atomic E-state index is -0.783. The Hall–Kier alpha value is -1.78. The molecule has 3 nitrogen and oxygen atoms in total. The maximum atomic E-state index is 13.9. The number of aryl methyl sites for hydroxylation is 1. The van der Waals surface area contributed by atoms with Crippen molar-refractivity contribution in [3.05, 3.63) is 62.9 Å². The zero-order valence-electron chi connectivity index (χ0n) is 11.1. The van der Waals surface area contributed by atoms with E-state index in [2.05, 4.69) is 0 Å². The molecule has 2 aromatic carbocycles. The zero-order valence-corrected chi connectivity index (χ0v) is 12.6. The average Bonchev–Trinajstić information content (AvgIpc) is 2.43. The van der Waals surface area contributed by atoms with E-state index in [1.54, 1.807) is 18.2 Å². The van der Waals surface area contributed by atoms with Crippen molar-refractivity contribution < 1.29 is 13.9 Å². The fourth-order valence-electron chi connectivity index (χ4n) is 1.80. The number of carbonyl (C=O) groups excluding carboxylic acids is 1. The number of benzene rings is 2. The van der Waals surface area contributed by atoms with E-state index in [4.69, 9.17) is 33.7 Å². The SMILES string of the molecule is Cc1cc(N)cc(C(=O)OCc2ccc(Cl)c(Cl)c2)c1F. The summed E-state index contributed by atoms with van der Waals surface area (Å²) in [6.07, 6.45) is 0. The van der Waals surface area contributed by atoms with Crippen molar-refractivity contribution in [2.45, 2.75) is 13.5 Å². The number of hydrogen-bond acceptors (Lipinski definition) is 3. The second-order valence-electron chi connectivity index (χ2n) is 4.52. The van der Waals surface area contributed by atoms with Crippen molar-refractivity contribution in [2.75, 3.05) is 5.73 Å². The van der Waals surface area contributed by atoms with Crippen LogP contribution in [0.5, 0.6) is 0 Å². The lowest BCUT2D eigenvalue weighted by Crippen LogP contribution is -2.09. The van der Waals surface area contributed by atoms with Crippen LogP contribution in [0.15, 0.2) is 30.3 Å². The predicted molar refractivity (Wildman–Crippen MR) is 81.1 cm³/mol. The number of nitrogen functional groups attached to an aromatic ring is 1. The highest BCUT2D eigenvalue weighted by Crippen LogP contribution is 2.23. The van der Waals surface area contributed by atoms with Crippen molar-refractivity contribution in [3.8, 4) is 0 Å². The first kappa shape index (κ1) is 15.6. The summed E-state index contributed by atoms with van der Waals surface area (Å²) in [6, 6.07) is 7.55. The van der Waals surface area contributed by atoms with Crippen molar-refractivity contribution in [3.63, 3.8) is 0 Å². The first-order chi connectivity index (χ1) is 9.88. The lowest BCUT2D eigenvalue weighted by molar-refractivity contribution is 0.0467. The van der Waals surface area contributed by atoms with Gasteiger partial charge in [0.25, 0.3) is 0 Å². The van der Waals surface area contributed by atoms with Gasteiger partial charge in [0.05, 0.1) is 15.6 Å². The Kier molecular flexibility index (Phi) is 4.70. The number of halogens is 3. The third-order valence-electron chi connectivity index (χ3n) is 2.85. The number of rotatable bonds is 3. The Bertz CT molecular complexity index is 704. The van der Waals surface area contributed by atoms with E-state index < -0.39 is 11.8 Å². The van der Waals surface area contributed by atoms with Gasteiger partial charge in [-0.2, -0.15) is 0 Å². The van der Waals surface area contributed by atoms with Crippen molar-refractivity contribution in [2.24, 2.45) is 0 Å². The monoisotopic (exact) mass is 327 g/mol. The molecule has 0 saturated carbocycles. The van der Waals surface area contributed by atoms with Crippen molar-refractivity contribution >= 4 is 34.9 Å². The summed E-state index contributed by atoms with van der Waals surface area (Å²) in [6.45, 7) is 1.49. The Labute approximate surface area is 131 Å². The van der Waals surface area contributed by atoms with E-state index in [1.807, 2.05) is 0 Å². The van der Waals surface area contributed by atoms with Crippen LogP contribution in [-0.4, -0.2) is 5.97 Å². The van der Waals surface area contributed by atoms with Crippen LogP contribution in [0.1, 0.15) is 21.5 Å². The molecule has 0 aliphatic heterocycles. The molecule has 0 aliphatic rings. The Morgan fingerprint density at radius 2 is 1.95 bits per heavy atom. The van der Waals surface area contributed by atoms with Gasteiger partial charge in [0.15, 0.2) is 0 Å². The van der Waals surface area contributed by atoms with Crippen LogP contribution in [0, 0.1) is 12.7 Å². The van der Waals surface area contributed by atoms with Gasteiger partial charge in [-0.05, 0) is 42.3 Å². The Balaban J connectivity index is 2.13. The van der Waals surface area contributed by atoms with E-state index >= 15 is 0 Å². The number of esters is 1. The summed E-state index contributed by atoms with van der Waals surface area (Å²) in [7, 11) is 0. The summed E-state index contributed by atoms with van der Waals surface area (Å²) in [4.78, 5) is 11.9. The molecule has 0 fully saturated rings. The normalized spacial score (nSPS) is 10.5. The first-order valence-corrected chi connectivity index (χ1v) is 6.80. The summed E-state index contributed by atoms with van der Waals surface area (Å²) >= 11 is 11.7. The molecule has 0 aromatic heterocycles. The van der Waals surface area contributed by atoms with Crippen LogP contribution in [-0.2, 0) is 11.3 Å². The van der Waals surface area contributed by atoms with Gasteiger partial charge in [0.2, 0.25) is 0 Å². The van der Waals surface area contributed by atoms with Crippen molar-refractivity contribution in [1.82, 2.24) is 0 Å². The molecule has 0 unspecified atom stereocenters. The zero-order chi connectivity index (χ0) is 15.6. The highest BCUT2D eigenvalue weighted by atomic mass is 35.5. The van der Waals surface area contributed by atoms with Crippen LogP contribution < -0.4 is 5.73 Å². The maximum absolute atomic E-state index is 13.9. The predicted octanol–water partition coefficient (Wildman–Crippen LogP) is 4.38. The van der Waals surface area contributed by atoms with Crippen LogP contribution in [0.3, 0.4) is 0 Å². The molecular formula is C15H12Cl2FNO2. The van der Waals surface area contributed by atoms with Gasteiger partial charge in [-0.25, -0.2) is 9.18 Å². The van der Waals surface area contributed by atoms with Gasteiger partial charge in [-0.3, -0.25) is 0 Å². The standard InChI is InChI=1S/C15H12Cl2FNO2/c1-8-4-10(19)6-11(14(8)18)15(20)21-7-9-2-3-12(16)13(17)5-9/h2-6H,7,19H2,1H3. The third-order valence-corrected chi connectivity index (χ3v) is 3.59. The Morgan fingerprint density at radius 1 is 1.24 bits per heavy atom. The quantitative estimate of drug-likeness (QED) is 0.672. The molecule has 2 rings (SSSR count). The van der Waals surface area contributed by atoms with E-state index in [-0.39, 0.29) is 17.7 Å². The Morgan fingerprint density at radius 3 is 2.62 bits per heavy atom. The van der Waals surface area contributed by atoms with Crippen LogP contribution in [0.4, 0.5) is 10.1 Å². The summed E-state index contributed by atoms with van der Waals surface area (Å²) in [5.74, 6) is -1.42. The molecule has 110 valence electrons. The fraction of sp³-hybridized carbons (Fsp3) is 0.133. The van der Waals surface area contributed by atoms with E-state index in [1.165, 1.54) is 19.1 Å². The molecule has 0 amide bonds. The molecule has 0 spiro atoms. The second-order valence-corrected chi connectivity index (χ2v) is 5.34. The molecule has 0 aliphatic carbocycles. The number of nitrogens with two attached hydrogens (primary N) is 1. The molecule has 0 bridgehead atoms. The highest BCUT2D eigenvalue weighted by molar-refractivity contribution is 6.42. The van der Waals surface area contributed by atoms with Gasteiger partial charge in [-0.15, -0.1) is 0 Å². The van der Waals surface area contributed by atoms with Crippen LogP contribution >= 0.6 is 23.2 Å². The van der Waals surface area contributed by atoms with E-state index in [0.717, 1.165) is 0 Å². The van der Waals surface area contributed by atoms with Crippen molar-refractivity contribution in [1.29, 1.82) is 0 Å². The van der Waals surface area contributed by atoms with Gasteiger partial charge in [0.1, 0.15) is 12.4 Å². The number of carbonyl (C=O) groups is 1. The molecule has 0 saturated heterocycles. The van der Waals surface area contributed by atoms with Gasteiger partial charge < -0.3 is 10.5 Å². The molecule has 0 heterocycles. The number of ether oxygens (including phenoxy) is 1. The molecule has 0 atom stereocenters. The smallest absolute Gasteiger partial charge is 0.341 e. The topological polar surface area (TPSA) is 52.3 Å². The fourth-order valence-corrected chi connectivity index (χ4v) is 2.12. The molecule has 21 heavy (non-hydrogen) atoms. The highest BCUT2D eigenvalue weighted by Gasteiger charge is 2.16. The van der Waals surface area contributed by atoms with Crippen LogP contribution in [0.2, 0.25) is 10.0 Å². The summed E-state index contributed by atoms with van der Waals surface area (Å²) in [5, 5.41) is 0.764.